The summed E-state index contributed by atoms with van der Waals surface area (Å²) < 4.78 is 26.5. The van der Waals surface area contributed by atoms with Gasteiger partial charge in [-0.1, -0.05) is 34.5 Å². The predicted octanol–water partition coefficient (Wildman–Crippen LogP) is 1.61. The highest BCUT2D eigenvalue weighted by Gasteiger charge is 2.36. The summed E-state index contributed by atoms with van der Waals surface area (Å²) in [5.74, 6) is -0.578. The van der Waals surface area contributed by atoms with Gasteiger partial charge in [-0.15, -0.1) is 0 Å². The van der Waals surface area contributed by atoms with Crippen LogP contribution in [-0.2, 0) is 20.1 Å². The molecule has 0 radical (unpaired) electrons. The number of nitrogens with two attached hydrogens (primary N) is 1. The van der Waals surface area contributed by atoms with Crippen molar-refractivity contribution in [3.8, 4) is 0 Å². The molecule has 5 nitrogen and oxygen atoms in total. The van der Waals surface area contributed by atoms with E-state index in [-0.39, 0.29) is 4.90 Å². The molecule has 0 bridgehead atoms. The standard InChI is InChI=1S/C13H17BrN2O3S/c14-9-10-4-6-11(7-5-10)20(18,19)16-8-2-1-3-12(16)13(15)17/h4-7,12H,1-3,8-9H2,(H2,15,17). The smallest absolute Gasteiger partial charge is 0.243 e. The monoisotopic (exact) mass is 360 g/mol. The van der Waals surface area contributed by atoms with Crippen LogP contribution in [0.25, 0.3) is 0 Å². The molecule has 1 atom stereocenters. The van der Waals surface area contributed by atoms with E-state index in [0.29, 0.717) is 18.3 Å². The van der Waals surface area contributed by atoms with Crippen LogP contribution in [0.1, 0.15) is 24.8 Å². The fourth-order valence-corrected chi connectivity index (χ4v) is 4.40. The Kier molecular flexibility index (Phi) is 4.82. The zero-order valence-corrected chi connectivity index (χ0v) is 13.4. The molecule has 7 heteroatoms. The molecule has 0 aromatic heterocycles. The van der Waals surface area contributed by atoms with Gasteiger partial charge in [-0.2, -0.15) is 4.31 Å². The van der Waals surface area contributed by atoms with Gasteiger partial charge in [-0.05, 0) is 30.5 Å². The second-order valence-electron chi connectivity index (χ2n) is 4.81. The van der Waals surface area contributed by atoms with E-state index in [2.05, 4.69) is 15.9 Å². The zero-order valence-electron chi connectivity index (χ0n) is 11.0. The zero-order chi connectivity index (χ0) is 14.8. The van der Waals surface area contributed by atoms with Crippen LogP contribution in [0.15, 0.2) is 29.2 Å². The lowest BCUT2D eigenvalue weighted by atomic mass is 10.0. The molecule has 1 saturated heterocycles. The molecule has 1 aliphatic rings. The number of alkyl halides is 1. The summed E-state index contributed by atoms with van der Waals surface area (Å²) in [6, 6.07) is 5.91. The topological polar surface area (TPSA) is 80.5 Å². The van der Waals surface area contributed by atoms with Crippen LogP contribution in [0.5, 0.6) is 0 Å². The second kappa shape index (κ2) is 6.24. The summed E-state index contributed by atoms with van der Waals surface area (Å²) in [4.78, 5) is 11.7. The van der Waals surface area contributed by atoms with Crippen LogP contribution in [0, 0.1) is 0 Å². The predicted molar refractivity (Wildman–Crippen MR) is 79.8 cm³/mol. The molecule has 1 fully saturated rings. The number of sulfonamides is 1. The van der Waals surface area contributed by atoms with Crippen LogP contribution in [-0.4, -0.2) is 31.2 Å². The Labute approximate surface area is 127 Å². The number of carbonyl (C=O) groups excluding carboxylic acids is 1. The molecule has 2 N–H and O–H groups in total. The number of hydrogen-bond donors (Lipinski definition) is 1. The number of hydrogen-bond acceptors (Lipinski definition) is 3. The van der Waals surface area contributed by atoms with E-state index >= 15 is 0 Å². The highest BCUT2D eigenvalue weighted by Crippen LogP contribution is 2.25. The first kappa shape index (κ1) is 15.5. The van der Waals surface area contributed by atoms with Gasteiger partial charge in [0, 0.05) is 11.9 Å². The molecular formula is C13H17BrN2O3S. The summed E-state index contributed by atoms with van der Waals surface area (Å²) in [6.45, 7) is 0.343. The molecule has 0 spiro atoms. The Morgan fingerprint density at radius 3 is 2.50 bits per heavy atom. The van der Waals surface area contributed by atoms with Gasteiger partial charge in [0.05, 0.1) is 4.90 Å². The molecule has 0 saturated carbocycles. The molecule has 20 heavy (non-hydrogen) atoms. The number of carbonyl (C=O) groups is 1. The number of piperidine rings is 1. The maximum absolute atomic E-state index is 12.6. The van der Waals surface area contributed by atoms with E-state index < -0.39 is 22.0 Å². The Bertz CT molecular complexity index is 586. The summed E-state index contributed by atoms with van der Waals surface area (Å²) in [5.41, 5.74) is 6.32. The minimum absolute atomic E-state index is 0.204. The van der Waals surface area contributed by atoms with Gasteiger partial charge < -0.3 is 5.73 Å². The lowest BCUT2D eigenvalue weighted by Gasteiger charge is -2.32. The largest absolute Gasteiger partial charge is 0.368 e. The lowest BCUT2D eigenvalue weighted by Crippen LogP contribution is -2.50. The number of rotatable bonds is 4. The van der Waals surface area contributed by atoms with Gasteiger partial charge in [-0.25, -0.2) is 8.42 Å². The quantitative estimate of drug-likeness (QED) is 0.828. The van der Waals surface area contributed by atoms with Gasteiger partial charge >= 0.3 is 0 Å². The number of benzene rings is 1. The van der Waals surface area contributed by atoms with Crippen LogP contribution in [0.3, 0.4) is 0 Å². The fourth-order valence-electron chi connectivity index (χ4n) is 2.36. The Morgan fingerprint density at radius 1 is 1.30 bits per heavy atom. The van der Waals surface area contributed by atoms with Crippen LogP contribution in [0.2, 0.25) is 0 Å². The van der Waals surface area contributed by atoms with E-state index in [1.165, 1.54) is 4.31 Å². The molecule has 1 aromatic carbocycles. The highest BCUT2D eigenvalue weighted by atomic mass is 79.9. The highest BCUT2D eigenvalue weighted by molar-refractivity contribution is 9.08. The van der Waals surface area contributed by atoms with Gasteiger partial charge in [0.25, 0.3) is 0 Å². The van der Waals surface area contributed by atoms with Crippen LogP contribution < -0.4 is 5.73 Å². The van der Waals surface area contributed by atoms with Gasteiger partial charge in [0.1, 0.15) is 6.04 Å². The minimum Gasteiger partial charge on any atom is -0.368 e. The van der Waals surface area contributed by atoms with Gasteiger partial charge in [-0.3, -0.25) is 4.79 Å². The number of amides is 1. The summed E-state index contributed by atoms with van der Waals surface area (Å²) in [6.07, 6.45) is 2.07. The summed E-state index contributed by atoms with van der Waals surface area (Å²) in [5, 5.41) is 0.668. The number of primary amides is 1. The first-order valence-corrected chi connectivity index (χ1v) is 8.99. The molecule has 1 heterocycles. The molecule has 110 valence electrons. The van der Waals surface area contributed by atoms with Crippen molar-refractivity contribution < 1.29 is 13.2 Å². The summed E-state index contributed by atoms with van der Waals surface area (Å²) >= 11 is 3.32. The number of halogens is 1. The molecule has 1 aromatic rings. The van der Waals surface area contributed by atoms with E-state index in [1.54, 1.807) is 24.3 Å². The van der Waals surface area contributed by atoms with E-state index in [9.17, 15) is 13.2 Å². The van der Waals surface area contributed by atoms with Crippen molar-refractivity contribution in [3.63, 3.8) is 0 Å². The maximum Gasteiger partial charge on any atom is 0.243 e. The van der Waals surface area contributed by atoms with E-state index in [4.69, 9.17) is 5.73 Å². The van der Waals surface area contributed by atoms with Crippen molar-refractivity contribution in [2.45, 2.75) is 35.5 Å². The first-order valence-electron chi connectivity index (χ1n) is 6.43. The van der Waals surface area contributed by atoms with Crippen molar-refractivity contribution in [2.75, 3.05) is 6.54 Å². The van der Waals surface area contributed by atoms with Crippen LogP contribution in [0.4, 0.5) is 0 Å². The van der Waals surface area contributed by atoms with Gasteiger partial charge in [0.15, 0.2) is 0 Å². The Hall–Kier alpha value is -0.920. The number of nitrogens with zero attached hydrogens (tertiary/aromatic N) is 1. The Balaban J connectivity index is 2.34. The molecule has 1 amide bonds. The minimum atomic E-state index is -3.66. The fraction of sp³-hybridized carbons (Fsp3) is 0.462. The third-order valence-electron chi connectivity index (χ3n) is 3.47. The normalized spacial score (nSPS) is 20.8. The van der Waals surface area contributed by atoms with Crippen molar-refractivity contribution in [3.05, 3.63) is 29.8 Å². The molecular weight excluding hydrogens is 344 g/mol. The second-order valence-corrected chi connectivity index (χ2v) is 7.26. The Morgan fingerprint density at radius 2 is 1.95 bits per heavy atom. The van der Waals surface area contributed by atoms with Crippen molar-refractivity contribution in [1.82, 2.24) is 4.31 Å². The third-order valence-corrected chi connectivity index (χ3v) is 6.04. The van der Waals surface area contributed by atoms with Gasteiger partial charge in [0.2, 0.25) is 15.9 Å². The molecule has 0 aliphatic carbocycles. The van der Waals surface area contributed by atoms with Crippen LogP contribution >= 0.6 is 15.9 Å². The SMILES string of the molecule is NC(=O)C1CCCCN1S(=O)(=O)c1ccc(CBr)cc1. The maximum atomic E-state index is 12.6. The molecule has 1 unspecified atom stereocenters. The molecule has 1 aliphatic heterocycles. The average molecular weight is 361 g/mol. The third kappa shape index (κ3) is 3.05. The average Bonchev–Trinajstić information content (AvgIpc) is 2.47. The van der Waals surface area contributed by atoms with Crippen molar-refractivity contribution in [2.24, 2.45) is 5.73 Å². The van der Waals surface area contributed by atoms with E-state index in [1.807, 2.05) is 0 Å². The lowest BCUT2D eigenvalue weighted by molar-refractivity contribution is -0.122. The molecule has 2 rings (SSSR count). The van der Waals surface area contributed by atoms with Crippen molar-refractivity contribution >= 4 is 31.9 Å². The van der Waals surface area contributed by atoms with Crippen molar-refractivity contribution in [1.29, 1.82) is 0 Å². The summed E-state index contributed by atoms with van der Waals surface area (Å²) in [7, 11) is -3.66. The first-order chi connectivity index (χ1) is 9.46. The van der Waals surface area contributed by atoms with E-state index in [0.717, 1.165) is 18.4 Å².